The number of nitrogens with one attached hydrogen (secondary N) is 2. The lowest BCUT2D eigenvalue weighted by Crippen LogP contribution is -2.28. The predicted molar refractivity (Wildman–Crippen MR) is 63.9 cm³/mol. The monoisotopic (exact) mass is 225 g/mol. The molecule has 0 amide bonds. The summed E-state index contributed by atoms with van der Waals surface area (Å²) in [7, 11) is 1.56. The fraction of sp³-hybridized carbons (Fsp3) is 0.700. The van der Waals surface area contributed by atoms with E-state index in [4.69, 9.17) is 4.74 Å². The Labute approximate surface area is 95.8 Å². The molecule has 0 aliphatic rings. The van der Waals surface area contributed by atoms with Gasteiger partial charge in [-0.2, -0.15) is 0 Å². The predicted octanol–water partition coefficient (Wildman–Crippen LogP) is 1.52. The number of anilines is 2. The Morgan fingerprint density at radius 1 is 1.25 bits per heavy atom. The molecule has 1 rings (SSSR count). The molecule has 0 fully saturated rings. The van der Waals surface area contributed by atoms with Crippen LogP contribution in [-0.4, -0.2) is 34.6 Å². The summed E-state index contributed by atoms with van der Waals surface area (Å²) in [6, 6.07) is 0. The second-order valence-electron chi connectivity index (χ2n) is 4.43. The van der Waals surface area contributed by atoms with Gasteiger partial charge in [-0.15, -0.1) is 5.10 Å². The molecule has 0 radical (unpaired) electrons. The van der Waals surface area contributed by atoms with Crippen molar-refractivity contribution in [3.8, 4) is 5.88 Å². The number of methoxy groups -OCH3 is 1. The lowest BCUT2D eigenvalue weighted by molar-refractivity contribution is 0.391. The van der Waals surface area contributed by atoms with Crippen LogP contribution >= 0.6 is 0 Å². The van der Waals surface area contributed by atoms with Gasteiger partial charge in [0.2, 0.25) is 0 Å². The van der Waals surface area contributed by atoms with Crippen molar-refractivity contribution < 1.29 is 4.74 Å². The first-order chi connectivity index (χ1) is 7.48. The second kappa shape index (κ2) is 4.96. The van der Waals surface area contributed by atoms with E-state index in [1.807, 2.05) is 6.92 Å². The highest BCUT2D eigenvalue weighted by Gasteiger charge is 2.17. The molecule has 2 N–H and O–H groups in total. The van der Waals surface area contributed by atoms with E-state index < -0.39 is 0 Å². The number of nitrogens with zero attached hydrogens (tertiary/aromatic N) is 3. The molecule has 0 spiro atoms. The fourth-order valence-electron chi connectivity index (χ4n) is 1.23. The molecule has 1 aromatic rings. The van der Waals surface area contributed by atoms with E-state index in [9.17, 15) is 0 Å². The lowest BCUT2D eigenvalue weighted by atomic mass is 10.1. The summed E-state index contributed by atoms with van der Waals surface area (Å²) in [5.41, 5.74) is 0.653. The van der Waals surface area contributed by atoms with Crippen LogP contribution in [0.25, 0.3) is 0 Å². The Balaban J connectivity index is 3.06. The van der Waals surface area contributed by atoms with Crippen molar-refractivity contribution >= 4 is 11.5 Å². The van der Waals surface area contributed by atoms with Gasteiger partial charge in [0.25, 0.3) is 5.88 Å². The van der Waals surface area contributed by atoms with Crippen LogP contribution in [-0.2, 0) is 0 Å². The van der Waals surface area contributed by atoms with Gasteiger partial charge in [-0.3, -0.25) is 0 Å². The van der Waals surface area contributed by atoms with Crippen molar-refractivity contribution in [2.24, 2.45) is 0 Å². The van der Waals surface area contributed by atoms with Crippen LogP contribution in [0.1, 0.15) is 27.7 Å². The molecule has 0 aromatic carbocycles. The van der Waals surface area contributed by atoms with Gasteiger partial charge in [0.15, 0.2) is 5.82 Å². The van der Waals surface area contributed by atoms with Gasteiger partial charge in [0, 0.05) is 12.1 Å². The first-order valence-electron chi connectivity index (χ1n) is 5.27. The Morgan fingerprint density at radius 3 is 2.44 bits per heavy atom. The van der Waals surface area contributed by atoms with Crippen molar-refractivity contribution in [1.29, 1.82) is 0 Å². The van der Waals surface area contributed by atoms with Crippen molar-refractivity contribution in [3.05, 3.63) is 0 Å². The van der Waals surface area contributed by atoms with Crippen molar-refractivity contribution in [2.45, 2.75) is 33.2 Å². The van der Waals surface area contributed by atoms with E-state index in [1.165, 1.54) is 0 Å². The maximum absolute atomic E-state index is 5.14. The minimum Gasteiger partial charge on any atom is -0.478 e. The number of ether oxygens (including phenoxy) is 1. The molecule has 0 unspecified atom stereocenters. The third-order valence-corrected chi connectivity index (χ3v) is 1.77. The Hall–Kier alpha value is -1.59. The van der Waals surface area contributed by atoms with Crippen LogP contribution in [0.15, 0.2) is 0 Å². The van der Waals surface area contributed by atoms with Crippen molar-refractivity contribution in [2.75, 3.05) is 24.3 Å². The minimum atomic E-state index is -0.0920. The van der Waals surface area contributed by atoms with Crippen LogP contribution in [0.5, 0.6) is 5.88 Å². The first-order valence-corrected chi connectivity index (χ1v) is 5.27. The summed E-state index contributed by atoms with van der Waals surface area (Å²) in [4.78, 5) is 0. The standard InChI is InChI=1S/C10H19N5O/c1-6-11-7-8(12-10(2,3)4)13-15-14-9(7)16-5/h6H2,1-5H3,(H,11,15)(H,12,13,14). The maximum Gasteiger partial charge on any atom is 0.262 e. The van der Waals surface area contributed by atoms with Gasteiger partial charge in [-0.25, -0.2) is 0 Å². The molecule has 6 heteroatoms. The van der Waals surface area contributed by atoms with E-state index in [0.29, 0.717) is 11.7 Å². The molecule has 0 aliphatic heterocycles. The molecule has 1 heterocycles. The van der Waals surface area contributed by atoms with Crippen molar-refractivity contribution in [1.82, 2.24) is 15.4 Å². The summed E-state index contributed by atoms with van der Waals surface area (Å²) >= 11 is 0. The summed E-state index contributed by atoms with van der Waals surface area (Å²) in [5.74, 6) is 1.10. The smallest absolute Gasteiger partial charge is 0.262 e. The van der Waals surface area contributed by atoms with E-state index in [1.54, 1.807) is 7.11 Å². The number of rotatable bonds is 4. The number of aromatic nitrogens is 3. The molecule has 0 aliphatic carbocycles. The molecule has 6 nitrogen and oxygen atoms in total. The highest BCUT2D eigenvalue weighted by Crippen LogP contribution is 2.28. The highest BCUT2D eigenvalue weighted by molar-refractivity contribution is 5.69. The SMILES string of the molecule is CCNc1c(NC(C)(C)C)nnnc1OC. The Bertz CT molecular complexity index is 348. The zero-order valence-electron chi connectivity index (χ0n) is 10.5. The summed E-state index contributed by atoms with van der Waals surface area (Å²) in [6.45, 7) is 8.93. The van der Waals surface area contributed by atoms with E-state index in [2.05, 4.69) is 46.8 Å². The third kappa shape index (κ3) is 3.22. The number of hydrogen-bond donors (Lipinski definition) is 2. The molecule has 16 heavy (non-hydrogen) atoms. The quantitative estimate of drug-likeness (QED) is 0.809. The second-order valence-corrected chi connectivity index (χ2v) is 4.43. The molecule has 0 saturated heterocycles. The van der Waals surface area contributed by atoms with Gasteiger partial charge in [0.1, 0.15) is 5.69 Å². The molecule has 1 aromatic heterocycles. The summed E-state index contributed by atoms with van der Waals surface area (Å²) in [5, 5.41) is 17.9. The summed E-state index contributed by atoms with van der Waals surface area (Å²) in [6.07, 6.45) is 0. The summed E-state index contributed by atoms with van der Waals surface area (Å²) < 4.78 is 5.14. The number of hydrogen-bond acceptors (Lipinski definition) is 6. The van der Waals surface area contributed by atoms with E-state index in [-0.39, 0.29) is 5.54 Å². The first kappa shape index (κ1) is 12.5. The zero-order chi connectivity index (χ0) is 12.2. The minimum absolute atomic E-state index is 0.0920. The molecule has 0 atom stereocenters. The average molecular weight is 225 g/mol. The fourth-order valence-corrected chi connectivity index (χ4v) is 1.23. The molecular formula is C10H19N5O. The molecular weight excluding hydrogens is 206 g/mol. The van der Waals surface area contributed by atoms with E-state index in [0.717, 1.165) is 12.2 Å². The van der Waals surface area contributed by atoms with E-state index >= 15 is 0 Å². The Morgan fingerprint density at radius 2 is 1.94 bits per heavy atom. The van der Waals surface area contributed by atoms with Crippen LogP contribution < -0.4 is 15.4 Å². The van der Waals surface area contributed by atoms with Gasteiger partial charge in [-0.05, 0) is 32.9 Å². The molecule has 90 valence electrons. The van der Waals surface area contributed by atoms with Gasteiger partial charge in [-0.1, -0.05) is 5.10 Å². The topological polar surface area (TPSA) is 72.0 Å². The lowest BCUT2D eigenvalue weighted by Gasteiger charge is -2.23. The molecule has 0 bridgehead atoms. The van der Waals surface area contributed by atoms with Crippen molar-refractivity contribution in [3.63, 3.8) is 0 Å². The van der Waals surface area contributed by atoms with Crippen LogP contribution in [0.3, 0.4) is 0 Å². The largest absolute Gasteiger partial charge is 0.478 e. The van der Waals surface area contributed by atoms with Crippen LogP contribution in [0.2, 0.25) is 0 Å². The van der Waals surface area contributed by atoms with Gasteiger partial charge < -0.3 is 15.4 Å². The average Bonchev–Trinajstić information content (AvgIpc) is 2.18. The van der Waals surface area contributed by atoms with Crippen LogP contribution in [0, 0.1) is 0 Å². The normalized spacial score (nSPS) is 11.1. The van der Waals surface area contributed by atoms with Gasteiger partial charge >= 0.3 is 0 Å². The maximum atomic E-state index is 5.14. The van der Waals surface area contributed by atoms with Gasteiger partial charge in [0.05, 0.1) is 7.11 Å². The Kier molecular flexibility index (Phi) is 3.87. The highest BCUT2D eigenvalue weighted by atomic mass is 16.5. The third-order valence-electron chi connectivity index (χ3n) is 1.77. The van der Waals surface area contributed by atoms with Crippen LogP contribution in [0.4, 0.5) is 11.5 Å². The zero-order valence-corrected chi connectivity index (χ0v) is 10.5. The molecule has 0 saturated carbocycles.